The van der Waals surface area contributed by atoms with Crippen LogP contribution in [0.1, 0.15) is 12.5 Å². The molecule has 96 valence electrons. The van der Waals surface area contributed by atoms with Crippen molar-refractivity contribution >= 4 is 30.2 Å². The SMILES string of the molecule is C[C@H](CS)C(=O)N1c2ccccc2C[C@H]1C(=O)O. The van der Waals surface area contributed by atoms with Gasteiger partial charge in [0.15, 0.2) is 0 Å². The molecule has 18 heavy (non-hydrogen) atoms. The molecule has 0 radical (unpaired) electrons. The number of thiol groups is 1. The van der Waals surface area contributed by atoms with Gasteiger partial charge in [0.1, 0.15) is 6.04 Å². The number of carbonyl (C=O) groups is 2. The molecular weight excluding hydrogens is 250 g/mol. The summed E-state index contributed by atoms with van der Waals surface area (Å²) in [4.78, 5) is 25.0. The minimum atomic E-state index is -0.967. The Morgan fingerprint density at radius 1 is 1.50 bits per heavy atom. The Kier molecular flexibility index (Phi) is 3.61. The molecular formula is C13H15NO3S. The maximum Gasteiger partial charge on any atom is 0.327 e. The van der Waals surface area contributed by atoms with E-state index in [9.17, 15) is 14.7 Å². The molecule has 1 aliphatic heterocycles. The first kappa shape index (κ1) is 13.0. The molecule has 2 atom stereocenters. The highest BCUT2D eigenvalue weighted by Gasteiger charge is 2.39. The van der Waals surface area contributed by atoms with Gasteiger partial charge in [0, 0.05) is 23.8 Å². The van der Waals surface area contributed by atoms with Crippen LogP contribution < -0.4 is 4.90 Å². The molecule has 1 aromatic rings. The molecule has 0 spiro atoms. The zero-order valence-electron chi connectivity index (χ0n) is 10.0. The number of aliphatic carboxylic acids is 1. The van der Waals surface area contributed by atoms with Crippen molar-refractivity contribution < 1.29 is 14.7 Å². The maximum atomic E-state index is 12.3. The van der Waals surface area contributed by atoms with Gasteiger partial charge in [-0.15, -0.1) is 0 Å². The van der Waals surface area contributed by atoms with Gasteiger partial charge in [0.25, 0.3) is 0 Å². The van der Waals surface area contributed by atoms with Crippen molar-refractivity contribution in [3.8, 4) is 0 Å². The molecule has 1 aliphatic rings. The van der Waals surface area contributed by atoms with E-state index in [2.05, 4.69) is 12.6 Å². The van der Waals surface area contributed by atoms with Gasteiger partial charge in [-0.1, -0.05) is 25.1 Å². The Hall–Kier alpha value is -1.49. The number of benzene rings is 1. The molecule has 4 nitrogen and oxygen atoms in total. The van der Waals surface area contributed by atoms with Crippen molar-refractivity contribution in [1.29, 1.82) is 0 Å². The predicted molar refractivity (Wildman–Crippen MR) is 72.1 cm³/mol. The van der Waals surface area contributed by atoms with E-state index in [1.54, 1.807) is 13.0 Å². The number of hydrogen-bond donors (Lipinski definition) is 2. The number of para-hydroxylation sites is 1. The van der Waals surface area contributed by atoms with E-state index in [1.165, 1.54) is 4.90 Å². The lowest BCUT2D eigenvalue weighted by Gasteiger charge is -2.25. The van der Waals surface area contributed by atoms with Crippen molar-refractivity contribution in [2.75, 3.05) is 10.7 Å². The van der Waals surface area contributed by atoms with Gasteiger partial charge < -0.3 is 5.11 Å². The molecule has 0 saturated heterocycles. The fraction of sp³-hybridized carbons (Fsp3) is 0.385. The second-order valence-corrected chi connectivity index (χ2v) is 4.84. The number of amides is 1. The molecule has 0 fully saturated rings. The smallest absolute Gasteiger partial charge is 0.327 e. The van der Waals surface area contributed by atoms with Crippen LogP contribution in [-0.4, -0.2) is 28.8 Å². The lowest BCUT2D eigenvalue weighted by atomic mass is 10.1. The Morgan fingerprint density at radius 2 is 2.17 bits per heavy atom. The molecule has 2 rings (SSSR count). The van der Waals surface area contributed by atoms with E-state index in [4.69, 9.17) is 0 Å². The molecule has 1 heterocycles. The standard InChI is InChI=1S/C13H15NO3S/c1-8(7-18)12(15)14-10-5-3-2-4-9(10)6-11(14)13(16)17/h2-5,8,11,18H,6-7H2,1H3,(H,16,17)/t8-,11+/m1/s1. The highest BCUT2D eigenvalue weighted by Crippen LogP contribution is 2.33. The van der Waals surface area contributed by atoms with Crippen LogP contribution in [0.4, 0.5) is 5.69 Å². The van der Waals surface area contributed by atoms with Crippen molar-refractivity contribution in [2.45, 2.75) is 19.4 Å². The number of carbonyl (C=O) groups excluding carboxylic acids is 1. The first-order valence-corrected chi connectivity index (χ1v) is 6.44. The Morgan fingerprint density at radius 3 is 2.78 bits per heavy atom. The Bertz CT molecular complexity index is 489. The molecule has 0 unspecified atom stereocenters. The fourth-order valence-corrected chi connectivity index (χ4v) is 2.33. The van der Waals surface area contributed by atoms with Crippen LogP contribution in [0.3, 0.4) is 0 Å². The van der Waals surface area contributed by atoms with Crippen LogP contribution >= 0.6 is 12.6 Å². The monoisotopic (exact) mass is 265 g/mol. The quantitative estimate of drug-likeness (QED) is 0.816. The van der Waals surface area contributed by atoms with Crippen LogP contribution in [-0.2, 0) is 16.0 Å². The third kappa shape index (κ3) is 2.10. The van der Waals surface area contributed by atoms with E-state index >= 15 is 0 Å². The van der Waals surface area contributed by atoms with Gasteiger partial charge in [0.05, 0.1) is 0 Å². The molecule has 5 heteroatoms. The highest BCUT2D eigenvalue weighted by atomic mass is 32.1. The van der Waals surface area contributed by atoms with E-state index in [-0.39, 0.29) is 11.8 Å². The van der Waals surface area contributed by atoms with Crippen molar-refractivity contribution in [2.24, 2.45) is 5.92 Å². The Labute approximate surface area is 111 Å². The largest absolute Gasteiger partial charge is 0.480 e. The average molecular weight is 265 g/mol. The Balaban J connectivity index is 2.40. The van der Waals surface area contributed by atoms with Gasteiger partial charge in [0.2, 0.25) is 5.91 Å². The molecule has 0 bridgehead atoms. The summed E-state index contributed by atoms with van der Waals surface area (Å²) in [6, 6.07) is 6.53. The van der Waals surface area contributed by atoms with Crippen LogP contribution in [0.2, 0.25) is 0 Å². The second kappa shape index (κ2) is 5.02. The fourth-order valence-electron chi connectivity index (χ4n) is 2.17. The van der Waals surface area contributed by atoms with Crippen LogP contribution in [0.5, 0.6) is 0 Å². The minimum absolute atomic E-state index is 0.178. The summed E-state index contributed by atoms with van der Waals surface area (Å²) in [6.45, 7) is 1.76. The summed E-state index contributed by atoms with van der Waals surface area (Å²) in [7, 11) is 0. The maximum absolute atomic E-state index is 12.3. The van der Waals surface area contributed by atoms with Gasteiger partial charge in [-0.25, -0.2) is 4.79 Å². The summed E-state index contributed by atoms with van der Waals surface area (Å²) in [5.74, 6) is -1.03. The first-order chi connectivity index (χ1) is 8.56. The number of anilines is 1. The minimum Gasteiger partial charge on any atom is -0.480 e. The third-order valence-electron chi connectivity index (χ3n) is 3.19. The van der Waals surface area contributed by atoms with Gasteiger partial charge >= 0.3 is 5.97 Å². The van der Waals surface area contributed by atoms with Gasteiger partial charge in [-0.05, 0) is 11.6 Å². The zero-order valence-corrected chi connectivity index (χ0v) is 10.9. The molecule has 0 aromatic heterocycles. The summed E-state index contributed by atoms with van der Waals surface area (Å²) >= 11 is 4.10. The van der Waals surface area contributed by atoms with Crippen molar-refractivity contribution in [1.82, 2.24) is 0 Å². The summed E-state index contributed by atoms with van der Waals surface area (Å²) in [6.07, 6.45) is 0.372. The molecule has 1 N–H and O–H groups in total. The molecule has 1 amide bonds. The number of carboxylic acid groups (broad SMARTS) is 1. The topological polar surface area (TPSA) is 57.6 Å². The normalized spacial score (nSPS) is 19.4. The zero-order chi connectivity index (χ0) is 13.3. The lowest BCUT2D eigenvalue weighted by molar-refractivity contribution is -0.140. The third-order valence-corrected chi connectivity index (χ3v) is 3.74. The predicted octanol–water partition coefficient (Wildman–Crippen LogP) is 1.59. The lowest BCUT2D eigenvalue weighted by Crippen LogP contribution is -2.45. The number of rotatable bonds is 3. The molecule has 0 aliphatic carbocycles. The average Bonchev–Trinajstić information content (AvgIpc) is 2.76. The van der Waals surface area contributed by atoms with Crippen molar-refractivity contribution in [3.05, 3.63) is 29.8 Å². The number of carboxylic acids is 1. The van der Waals surface area contributed by atoms with Crippen LogP contribution in [0.25, 0.3) is 0 Å². The summed E-state index contributed by atoms with van der Waals surface area (Å²) in [5.41, 5.74) is 1.62. The second-order valence-electron chi connectivity index (χ2n) is 4.48. The number of nitrogens with zero attached hydrogens (tertiary/aromatic N) is 1. The van der Waals surface area contributed by atoms with Crippen LogP contribution in [0.15, 0.2) is 24.3 Å². The van der Waals surface area contributed by atoms with Crippen LogP contribution in [0, 0.1) is 5.92 Å². The van der Waals surface area contributed by atoms with E-state index in [1.807, 2.05) is 18.2 Å². The summed E-state index contributed by atoms with van der Waals surface area (Å²) < 4.78 is 0. The number of fused-ring (bicyclic) bond motifs is 1. The summed E-state index contributed by atoms with van der Waals surface area (Å²) in [5, 5.41) is 9.25. The van der Waals surface area contributed by atoms with Gasteiger partial charge in [-0.2, -0.15) is 12.6 Å². The molecule has 0 saturated carbocycles. The van der Waals surface area contributed by atoms with E-state index < -0.39 is 12.0 Å². The van der Waals surface area contributed by atoms with E-state index in [0.717, 1.165) is 5.56 Å². The van der Waals surface area contributed by atoms with Crippen molar-refractivity contribution in [3.63, 3.8) is 0 Å². The van der Waals surface area contributed by atoms with Gasteiger partial charge in [-0.3, -0.25) is 9.69 Å². The first-order valence-electron chi connectivity index (χ1n) is 5.81. The highest BCUT2D eigenvalue weighted by molar-refractivity contribution is 7.80. The van der Waals surface area contributed by atoms with E-state index in [0.29, 0.717) is 17.9 Å². The number of hydrogen-bond acceptors (Lipinski definition) is 3. The molecule has 1 aromatic carbocycles.